The molecule has 0 unspecified atom stereocenters. The number of amides is 2. The number of rotatable bonds is 12. The summed E-state index contributed by atoms with van der Waals surface area (Å²) in [5, 5.41) is 3.30. The Balaban J connectivity index is 2.42. The first-order chi connectivity index (χ1) is 16.5. The lowest BCUT2D eigenvalue weighted by atomic mass is 10.1. The van der Waals surface area contributed by atoms with Crippen molar-refractivity contribution >= 4 is 39.1 Å². The molecule has 0 heterocycles. The second kappa shape index (κ2) is 12.9. The van der Waals surface area contributed by atoms with Crippen molar-refractivity contribution in [3.05, 3.63) is 64.4 Å². The van der Waals surface area contributed by atoms with E-state index in [0.29, 0.717) is 34.8 Å². The molecule has 0 fully saturated rings. The van der Waals surface area contributed by atoms with Crippen LogP contribution in [0.4, 0.5) is 10.1 Å². The Morgan fingerprint density at radius 2 is 1.77 bits per heavy atom. The number of carbonyl (C=O) groups is 2. The van der Waals surface area contributed by atoms with Crippen molar-refractivity contribution in [2.75, 3.05) is 23.7 Å². The van der Waals surface area contributed by atoms with Crippen molar-refractivity contribution in [1.29, 1.82) is 0 Å². The third kappa shape index (κ3) is 8.21. The van der Waals surface area contributed by atoms with Gasteiger partial charge in [0.25, 0.3) is 0 Å². The number of hydrogen-bond donors (Lipinski definition) is 1. The minimum absolute atomic E-state index is 0.0238. The fourth-order valence-corrected chi connectivity index (χ4v) is 4.84. The molecule has 0 radical (unpaired) electrons. The molecule has 0 aromatic heterocycles. The van der Waals surface area contributed by atoms with Crippen molar-refractivity contribution in [2.45, 2.75) is 52.6 Å². The van der Waals surface area contributed by atoms with Crippen molar-refractivity contribution in [3.8, 4) is 0 Å². The normalized spacial score (nSPS) is 12.2. The molecule has 2 amide bonds. The van der Waals surface area contributed by atoms with E-state index in [1.807, 2.05) is 6.92 Å². The van der Waals surface area contributed by atoms with Crippen LogP contribution in [0.2, 0.25) is 5.02 Å². The second-order valence-corrected chi connectivity index (χ2v) is 10.8. The highest BCUT2D eigenvalue weighted by molar-refractivity contribution is 7.92. The molecule has 192 valence electrons. The minimum Gasteiger partial charge on any atom is -0.354 e. The highest BCUT2D eigenvalue weighted by atomic mass is 35.5. The Morgan fingerprint density at radius 1 is 1.11 bits per heavy atom. The van der Waals surface area contributed by atoms with Gasteiger partial charge in [-0.1, -0.05) is 44.0 Å². The zero-order valence-corrected chi connectivity index (χ0v) is 22.1. The van der Waals surface area contributed by atoms with Crippen LogP contribution >= 0.6 is 11.6 Å². The summed E-state index contributed by atoms with van der Waals surface area (Å²) in [6, 6.07) is 9.53. The van der Waals surface area contributed by atoms with E-state index in [4.69, 9.17) is 11.6 Å². The highest BCUT2D eigenvalue weighted by Gasteiger charge is 2.32. The van der Waals surface area contributed by atoms with E-state index in [-0.39, 0.29) is 12.5 Å². The first-order valence-electron chi connectivity index (χ1n) is 11.5. The third-order valence-corrected chi connectivity index (χ3v) is 6.95. The van der Waals surface area contributed by atoms with E-state index in [9.17, 15) is 22.4 Å². The van der Waals surface area contributed by atoms with Crippen LogP contribution < -0.4 is 9.62 Å². The van der Waals surface area contributed by atoms with E-state index < -0.39 is 34.3 Å². The van der Waals surface area contributed by atoms with Gasteiger partial charge in [-0.15, -0.1) is 0 Å². The summed E-state index contributed by atoms with van der Waals surface area (Å²) >= 11 is 6.03. The summed E-state index contributed by atoms with van der Waals surface area (Å²) in [4.78, 5) is 27.9. The molecule has 0 aliphatic rings. The topological polar surface area (TPSA) is 86.8 Å². The van der Waals surface area contributed by atoms with Gasteiger partial charge in [-0.2, -0.15) is 0 Å². The highest BCUT2D eigenvalue weighted by Crippen LogP contribution is 2.26. The third-order valence-electron chi connectivity index (χ3n) is 5.59. The molecule has 35 heavy (non-hydrogen) atoms. The molecule has 0 saturated heterocycles. The zero-order chi connectivity index (χ0) is 26.2. The number of halogens is 2. The lowest BCUT2D eigenvalue weighted by molar-refractivity contribution is -0.140. The van der Waals surface area contributed by atoms with Gasteiger partial charge in [0.2, 0.25) is 21.8 Å². The molecule has 2 aromatic rings. The van der Waals surface area contributed by atoms with Gasteiger partial charge in [-0.05, 0) is 61.2 Å². The van der Waals surface area contributed by atoms with Gasteiger partial charge in [0.1, 0.15) is 18.4 Å². The van der Waals surface area contributed by atoms with Crippen molar-refractivity contribution in [2.24, 2.45) is 0 Å². The van der Waals surface area contributed by atoms with Gasteiger partial charge in [0.15, 0.2) is 0 Å². The molecule has 0 saturated carbocycles. The van der Waals surface area contributed by atoms with E-state index >= 15 is 0 Å². The van der Waals surface area contributed by atoms with Crippen LogP contribution in [0.25, 0.3) is 0 Å². The van der Waals surface area contributed by atoms with Crippen LogP contribution in [-0.4, -0.2) is 50.5 Å². The quantitative estimate of drug-likeness (QED) is 0.419. The average molecular weight is 526 g/mol. The number of aryl methyl sites for hydroxylation is 1. The van der Waals surface area contributed by atoms with Crippen molar-refractivity contribution in [3.63, 3.8) is 0 Å². The molecule has 2 aromatic carbocycles. The lowest BCUT2D eigenvalue weighted by Crippen LogP contribution is -2.52. The average Bonchev–Trinajstić information content (AvgIpc) is 2.78. The predicted octanol–water partition coefficient (Wildman–Crippen LogP) is 4.28. The van der Waals surface area contributed by atoms with Crippen LogP contribution in [0.1, 0.15) is 44.2 Å². The number of anilines is 1. The Kier molecular flexibility index (Phi) is 10.5. The van der Waals surface area contributed by atoms with Gasteiger partial charge in [-0.3, -0.25) is 13.9 Å². The van der Waals surface area contributed by atoms with E-state index in [0.717, 1.165) is 23.4 Å². The molecule has 0 bridgehead atoms. The number of nitrogens with one attached hydrogen (secondary N) is 1. The monoisotopic (exact) mass is 525 g/mol. The Morgan fingerprint density at radius 3 is 2.31 bits per heavy atom. The van der Waals surface area contributed by atoms with Crippen molar-refractivity contribution < 1.29 is 22.4 Å². The number of carbonyl (C=O) groups excluding carboxylic acids is 2. The maximum absolute atomic E-state index is 13.6. The smallest absolute Gasteiger partial charge is 0.244 e. The first kappa shape index (κ1) is 28.6. The summed E-state index contributed by atoms with van der Waals surface area (Å²) in [7, 11) is -3.84. The summed E-state index contributed by atoms with van der Waals surface area (Å²) in [6.45, 7) is 5.50. The van der Waals surface area contributed by atoms with E-state index in [2.05, 4.69) is 5.32 Å². The molecule has 1 N–H and O–H groups in total. The van der Waals surface area contributed by atoms with E-state index in [1.54, 1.807) is 32.0 Å². The summed E-state index contributed by atoms with van der Waals surface area (Å²) in [6.07, 6.45) is 3.04. The number of sulfonamides is 1. The van der Waals surface area contributed by atoms with Crippen LogP contribution in [0, 0.1) is 12.7 Å². The maximum atomic E-state index is 13.6. The standard InChI is InChI=1S/C25H33ClFN3O4S/c1-5-7-14-28-25(32)22(6-2)29(16-19-8-11-21(27)12-9-19)24(31)17-30(35(4,33)34)23-13-10-20(26)15-18(23)3/h8-13,15,22H,5-7,14,16-17H2,1-4H3,(H,28,32)/t22-/m1/s1. The summed E-state index contributed by atoms with van der Waals surface area (Å²) in [5.74, 6) is -1.28. The largest absolute Gasteiger partial charge is 0.354 e. The molecule has 0 spiro atoms. The number of hydrogen-bond acceptors (Lipinski definition) is 4. The zero-order valence-electron chi connectivity index (χ0n) is 20.6. The number of nitrogens with zero attached hydrogens (tertiary/aromatic N) is 2. The van der Waals surface area contributed by atoms with Crippen LogP contribution in [-0.2, 0) is 26.2 Å². The van der Waals surface area contributed by atoms with Gasteiger partial charge < -0.3 is 10.2 Å². The Bertz CT molecular complexity index is 1130. The van der Waals surface area contributed by atoms with E-state index in [1.165, 1.54) is 29.2 Å². The van der Waals surface area contributed by atoms with Gasteiger partial charge in [0.05, 0.1) is 11.9 Å². The minimum atomic E-state index is -3.84. The van der Waals surface area contributed by atoms with Gasteiger partial charge >= 0.3 is 0 Å². The van der Waals surface area contributed by atoms with Gasteiger partial charge in [-0.25, -0.2) is 12.8 Å². The second-order valence-electron chi connectivity index (χ2n) is 8.42. The molecule has 7 nitrogen and oxygen atoms in total. The molecule has 1 atom stereocenters. The van der Waals surface area contributed by atoms with Gasteiger partial charge in [0, 0.05) is 18.1 Å². The lowest BCUT2D eigenvalue weighted by Gasteiger charge is -2.33. The fraction of sp³-hybridized carbons (Fsp3) is 0.440. The molecule has 10 heteroatoms. The predicted molar refractivity (Wildman–Crippen MR) is 137 cm³/mol. The number of unbranched alkanes of at least 4 members (excludes halogenated alkanes) is 1. The summed E-state index contributed by atoms with van der Waals surface area (Å²) in [5.41, 5.74) is 1.53. The Hall–Kier alpha value is -2.65. The van der Waals surface area contributed by atoms with Crippen LogP contribution in [0.3, 0.4) is 0 Å². The summed E-state index contributed by atoms with van der Waals surface area (Å²) < 4.78 is 39.8. The van der Waals surface area contributed by atoms with Crippen molar-refractivity contribution in [1.82, 2.24) is 10.2 Å². The molecule has 2 rings (SSSR count). The Labute approximate surface area is 212 Å². The fourth-order valence-electron chi connectivity index (χ4n) is 3.71. The molecular weight excluding hydrogens is 493 g/mol. The SMILES string of the molecule is CCCCNC(=O)[C@@H](CC)N(Cc1ccc(F)cc1)C(=O)CN(c1ccc(Cl)cc1C)S(C)(=O)=O. The molecular formula is C25H33ClFN3O4S. The number of benzene rings is 2. The molecule has 0 aliphatic heterocycles. The molecule has 0 aliphatic carbocycles. The maximum Gasteiger partial charge on any atom is 0.244 e. The van der Waals surface area contributed by atoms with Crippen LogP contribution in [0.5, 0.6) is 0 Å². The van der Waals surface area contributed by atoms with Crippen LogP contribution in [0.15, 0.2) is 42.5 Å². The first-order valence-corrected chi connectivity index (χ1v) is 13.8.